The molecule has 14 aromatic rings. The lowest BCUT2D eigenvalue weighted by atomic mass is 10.4. The van der Waals surface area contributed by atoms with Gasteiger partial charge in [-0.05, 0) is 0 Å². The first-order valence-electron chi connectivity index (χ1n) is 28.0. The fourth-order valence-electron chi connectivity index (χ4n) is 5.39. The maximum absolute atomic E-state index is 2.00. The van der Waals surface area contributed by atoms with Gasteiger partial charge in [0.2, 0.25) is 0 Å². The number of benzene rings is 14. The molecule has 0 bridgehead atoms. The molecule has 0 unspecified atom stereocenters. The minimum Gasteiger partial charge on any atom is -0.412 e. The van der Waals surface area contributed by atoms with Crippen molar-refractivity contribution in [2.24, 2.45) is 0 Å². The number of rotatable bonds is 0. The van der Waals surface area contributed by atoms with Crippen molar-refractivity contribution >= 4 is 0 Å². The van der Waals surface area contributed by atoms with Crippen LogP contribution in [0, 0.1) is 0 Å². The largest absolute Gasteiger partial charge is 0.412 e. The van der Waals surface area contributed by atoms with Crippen LogP contribution in [0.5, 0.6) is 0 Å². The van der Waals surface area contributed by atoms with Crippen molar-refractivity contribution in [3.8, 4) is 0 Å². The van der Waals surface area contributed by atoms with Gasteiger partial charge in [-0.2, -0.15) is 0 Å². The molecular weight excluding hydrogens is 1020 g/mol. The van der Waals surface area contributed by atoms with Gasteiger partial charge in [-0.15, -0.1) is 0 Å². The van der Waals surface area contributed by atoms with Gasteiger partial charge in [0.15, 0.2) is 0 Å². The summed E-state index contributed by atoms with van der Waals surface area (Å²) >= 11 is 0. The highest BCUT2D eigenvalue weighted by atomic mass is 16.0. The van der Waals surface area contributed by atoms with Crippen LogP contribution >= 0.6 is 0 Å². The highest BCUT2D eigenvalue weighted by Gasteiger charge is 1.65. The second kappa shape index (κ2) is 71.1. The van der Waals surface area contributed by atoms with Gasteiger partial charge in [-0.25, -0.2) is 0 Å². The minimum atomic E-state index is 0. The molecule has 0 aliphatic heterocycles. The zero-order valence-corrected chi connectivity index (χ0v) is 49.0. The Balaban J connectivity index is 0.000000893. The highest BCUT2D eigenvalue weighted by Crippen LogP contribution is 1.87. The van der Waals surface area contributed by atoms with Crippen molar-refractivity contribution in [2.45, 2.75) is 0 Å². The molecular formula is C84H86O. The third kappa shape index (κ3) is 69.1. The van der Waals surface area contributed by atoms with Gasteiger partial charge in [-0.3, -0.25) is 0 Å². The predicted octanol–water partition coefficient (Wildman–Crippen LogP) is 22.8. The van der Waals surface area contributed by atoms with E-state index in [9.17, 15) is 0 Å². The van der Waals surface area contributed by atoms with E-state index in [0.717, 1.165) is 0 Å². The Morgan fingerprint density at radius 1 is 0.0353 bits per heavy atom. The molecule has 1 heteroatoms. The molecule has 2 N–H and O–H groups in total. The van der Waals surface area contributed by atoms with E-state index in [0.29, 0.717) is 0 Å². The predicted molar refractivity (Wildman–Crippen MR) is 374 cm³/mol. The van der Waals surface area contributed by atoms with Crippen LogP contribution in [-0.2, 0) is 0 Å². The summed E-state index contributed by atoms with van der Waals surface area (Å²) in [5.41, 5.74) is 0. The molecule has 0 aromatic heterocycles. The van der Waals surface area contributed by atoms with Gasteiger partial charge in [-0.1, -0.05) is 510 Å². The van der Waals surface area contributed by atoms with Crippen LogP contribution in [0.15, 0.2) is 510 Å². The Labute approximate surface area is 512 Å². The SMILES string of the molecule is O.c1ccccc1.c1ccccc1.c1ccccc1.c1ccccc1.c1ccccc1.c1ccccc1.c1ccccc1.c1ccccc1.c1ccccc1.c1ccccc1.c1ccccc1.c1ccccc1.c1ccccc1.c1ccccc1. The third-order valence-electron chi connectivity index (χ3n) is 9.33. The van der Waals surface area contributed by atoms with Gasteiger partial charge in [0.05, 0.1) is 0 Å². The Morgan fingerprint density at radius 2 is 0.0471 bits per heavy atom. The van der Waals surface area contributed by atoms with Crippen molar-refractivity contribution in [1.82, 2.24) is 0 Å². The van der Waals surface area contributed by atoms with E-state index >= 15 is 0 Å². The van der Waals surface area contributed by atoms with E-state index in [4.69, 9.17) is 0 Å². The summed E-state index contributed by atoms with van der Waals surface area (Å²) < 4.78 is 0. The first-order valence-corrected chi connectivity index (χ1v) is 28.0. The van der Waals surface area contributed by atoms with E-state index in [2.05, 4.69) is 0 Å². The number of hydrogen-bond acceptors (Lipinski definition) is 0. The normalized spacial score (nSPS) is 7.91. The summed E-state index contributed by atoms with van der Waals surface area (Å²) in [6.07, 6.45) is 0. The van der Waals surface area contributed by atoms with Gasteiger partial charge in [0.25, 0.3) is 0 Å². The molecule has 0 spiro atoms. The Morgan fingerprint density at radius 3 is 0.0588 bits per heavy atom. The fraction of sp³-hybridized carbons (Fsp3) is 0. The maximum atomic E-state index is 2.00. The molecule has 0 atom stereocenters. The quantitative estimate of drug-likeness (QED) is 0.145. The molecule has 0 saturated heterocycles. The molecule has 0 saturated carbocycles. The van der Waals surface area contributed by atoms with E-state index in [-0.39, 0.29) is 5.48 Å². The first kappa shape index (κ1) is 74.0. The van der Waals surface area contributed by atoms with Crippen molar-refractivity contribution < 1.29 is 5.48 Å². The van der Waals surface area contributed by atoms with Gasteiger partial charge in [0, 0.05) is 0 Å². The Kier molecular flexibility index (Phi) is 61.9. The monoisotopic (exact) mass is 1110 g/mol. The first-order chi connectivity index (χ1) is 42.0. The smallest absolute Gasteiger partial charge is 0.0623 e. The van der Waals surface area contributed by atoms with Crippen molar-refractivity contribution in [1.29, 1.82) is 0 Å². The molecule has 0 aliphatic rings. The third-order valence-corrected chi connectivity index (χ3v) is 9.33. The summed E-state index contributed by atoms with van der Waals surface area (Å²) in [5.74, 6) is 0. The van der Waals surface area contributed by atoms with E-state index in [1.54, 1.807) is 0 Å². The molecule has 14 aromatic carbocycles. The van der Waals surface area contributed by atoms with E-state index < -0.39 is 0 Å². The van der Waals surface area contributed by atoms with E-state index in [1.165, 1.54) is 0 Å². The Hall–Kier alpha value is -11.0. The van der Waals surface area contributed by atoms with Crippen LogP contribution in [0.1, 0.15) is 0 Å². The van der Waals surface area contributed by atoms with E-state index in [1.807, 2.05) is 510 Å². The zero-order valence-electron chi connectivity index (χ0n) is 49.0. The topological polar surface area (TPSA) is 31.5 Å². The summed E-state index contributed by atoms with van der Waals surface area (Å²) in [5, 5.41) is 0. The van der Waals surface area contributed by atoms with Crippen LogP contribution in [0.2, 0.25) is 0 Å². The maximum Gasteiger partial charge on any atom is -0.0623 e. The highest BCUT2D eigenvalue weighted by molar-refractivity contribution is 5.06. The van der Waals surface area contributed by atoms with Crippen molar-refractivity contribution in [2.75, 3.05) is 0 Å². The van der Waals surface area contributed by atoms with Crippen molar-refractivity contribution in [3.05, 3.63) is 510 Å². The lowest BCUT2D eigenvalue weighted by molar-refractivity contribution is 0.824. The molecule has 0 aliphatic carbocycles. The molecule has 0 fully saturated rings. The lowest BCUT2D eigenvalue weighted by Gasteiger charge is -1.69. The lowest BCUT2D eigenvalue weighted by Crippen LogP contribution is -1.47. The molecule has 0 heterocycles. The second-order valence-corrected chi connectivity index (χ2v) is 16.2. The van der Waals surface area contributed by atoms with Gasteiger partial charge < -0.3 is 5.48 Å². The molecule has 85 heavy (non-hydrogen) atoms. The Bertz CT molecular complexity index is 1850. The average molecular weight is 1110 g/mol. The molecule has 0 radical (unpaired) electrons. The summed E-state index contributed by atoms with van der Waals surface area (Å²) in [6.45, 7) is 0. The summed E-state index contributed by atoms with van der Waals surface area (Å²) in [7, 11) is 0. The van der Waals surface area contributed by atoms with Crippen LogP contribution in [0.3, 0.4) is 0 Å². The number of hydrogen-bond donors (Lipinski definition) is 0. The summed E-state index contributed by atoms with van der Waals surface area (Å²) in [4.78, 5) is 0. The zero-order chi connectivity index (χ0) is 59.4. The van der Waals surface area contributed by atoms with Crippen LogP contribution < -0.4 is 0 Å². The average Bonchev–Trinajstić information content (AvgIpc) is 3.65. The molecule has 14 rings (SSSR count). The fourth-order valence-corrected chi connectivity index (χ4v) is 5.39. The minimum absolute atomic E-state index is 0. The van der Waals surface area contributed by atoms with Crippen LogP contribution in [0.4, 0.5) is 0 Å². The summed E-state index contributed by atoms with van der Waals surface area (Å²) in [6, 6.07) is 168. The van der Waals surface area contributed by atoms with Crippen molar-refractivity contribution in [3.63, 3.8) is 0 Å². The standard InChI is InChI=1S/14C6H6.H2O/c14*1-2-4-6-5-3-1;/h14*1-6H;1H2. The van der Waals surface area contributed by atoms with Gasteiger partial charge in [0.1, 0.15) is 0 Å². The van der Waals surface area contributed by atoms with Crippen LogP contribution in [0.25, 0.3) is 0 Å². The van der Waals surface area contributed by atoms with Crippen LogP contribution in [-0.4, -0.2) is 5.48 Å². The van der Waals surface area contributed by atoms with Gasteiger partial charge >= 0.3 is 0 Å². The molecule has 0 amide bonds. The molecule has 1 nitrogen and oxygen atoms in total. The second-order valence-electron chi connectivity index (χ2n) is 16.2. The molecule has 428 valence electrons.